The summed E-state index contributed by atoms with van der Waals surface area (Å²) in [5.41, 5.74) is 7.37. The number of benzene rings is 1. The summed E-state index contributed by atoms with van der Waals surface area (Å²) in [4.78, 5) is 11.6. The van der Waals surface area contributed by atoms with Crippen LogP contribution in [-0.4, -0.2) is 18.0 Å². The highest BCUT2D eigenvalue weighted by molar-refractivity contribution is 5.85. The van der Waals surface area contributed by atoms with Crippen LogP contribution in [0.25, 0.3) is 0 Å². The molecule has 0 saturated heterocycles. The largest absolute Gasteiger partial charge is 0.354 e. The molecule has 1 rings (SSSR count). The summed E-state index contributed by atoms with van der Waals surface area (Å²) < 4.78 is 0. The van der Waals surface area contributed by atoms with Crippen LogP contribution in [0.5, 0.6) is 0 Å². The predicted octanol–water partition coefficient (Wildman–Crippen LogP) is 1.95. The zero-order chi connectivity index (χ0) is 13.1. The maximum atomic E-state index is 11.6. The fraction of sp³-hybridized carbons (Fsp3) is 0.500. The minimum absolute atomic E-state index is 0.114. The van der Waals surface area contributed by atoms with Crippen molar-refractivity contribution in [1.29, 1.82) is 0 Å². The lowest BCUT2D eigenvalue weighted by Crippen LogP contribution is -2.49. The third kappa shape index (κ3) is 4.19. The molecule has 1 aromatic rings. The van der Waals surface area contributed by atoms with Gasteiger partial charge in [-0.05, 0) is 32.3 Å². The SMILES string of the molecule is Cc1ccc(C(C)CNC(=O)C(C)(C)N)cc1. The molecule has 0 heterocycles. The van der Waals surface area contributed by atoms with E-state index in [1.165, 1.54) is 11.1 Å². The fourth-order valence-electron chi connectivity index (χ4n) is 1.49. The Morgan fingerprint density at radius 3 is 2.35 bits per heavy atom. The van der Waals surface area contributed by atoms with Gasteiger partial charge in [0.15, 0.2) is 0 Å². The number of aryl methyl sites for hydroxylation is 1. The van der Waals surface area contributed by atoms with Gasteiger partial charge in [0.05, 0.1) is 5.54 Å². The summed E-state index contributed by atoms with van der Waals surface area (Å²) in [6.45, 7) is 8.18. The Bertz CT molecular complexity index is 376. The molecule has 3 nitrogen and oxygen atoms in total. The molecule has 0 bridgehead atoms. The average Bonchev–Trinajstić information content (AvgIpc) is 2.25. The van der Waals surface area contributed by atoms with Gasteiger partial charge in [0.1, 0.15) is 0 Å². The van der Waals surface area contributed by atoms with Gasteiger partial charge >= 0.3 is 0 Å². The van der Waals surface area contributed by atoms with Crippen molar-refractivity contribution in [3.05, 3.63) is 35.4 Å². The van der Waals surface area contributed by atoms with Crippen LogP contribution >= 0.6 is 0 Å². The summed E-state index contributed by atoms with van der Waals surface area (Å²) in [6, 6.07) is 8.36. The monoisotopic (exact) mass is 234 g/mol. The lowest BCUT2D eigenvalue weighted by molar-refractivity contribution is -0.125. The predicted molar refractivity (Wildman–Crippen MR) is 70.9 cm³/mol. The van der Waals surface area contributed by atoms with Gasteiger partial charge in [0, 0.05) is 6.54 Å². The maximum Gasteiger partial charge on any atom is 0.239 e. The molecule has 0 aliphatic heterocycles. The molecule has 0 aliphatic rings. The standard InChI is InChI=1S/C14H22N2O/c1-10-5-7-12(8-6-10)11(2)9-16-13(17)14(3,4)15/h5-8,11H,9,15H2,1-4H3,(H,16,17). The van der Waals surface area contributed by atoms with Crippen LogP contribution < -0.4 is 11.1 Å². The van der Waals surface area contributed by atoms with Gasteiger partial charge in [-0.3, -0.25) is 4.79 Å². The summed E-state index contributed by atoms with van der Waals surface area (Å²) in [7, 11) is 0. The van der Waals surface area contributed by atoms with Crippen molar-refractivity contribution in [2.75, 3.05) is 6.54 Å². The van der Waals surface area contributed by atoms with Crippen molar-refractivity contribution in [3.63, 3.8) is 0 Å². The van der Waals surface area contributed by atoms with Crippen LogP contribution in [0.4, 0.5) is 0 Å². The molecule has 1 unspecified atom stereocenters. The highest BCUT2D eigenvalue weighted by Crippen LogP contribution is 2.14. The van der Waals surface area contributed by atoms with Crippen LogP contribution in [-0.2, 0) is 4.79 Å². The highest BCUT2D eigenvalue weighted by atomic mass is 16.2. The molecule has 1 aromatic carbocycles. The second-order valence-electron chi connectivity index (χ2n) is 5.24. The molecule has 0 radical (unpaired) electrons. The Morgan fingerprint density at radius 1 is 1.35 bits per heavy atom. The molecular weight excluding hydrogens is 212 g/mol. The zero-order valence-electron chi connectivity index (χ0n) is 11.1. The van der Waals surface area contributed by atoms with E-state index in [2.05, 4.69) is 43.4 Å². The van der Waals surface area contributed by atoms with E-state index in [0.29, 0.717) is 12.5 Å². The minimum atomic E-state index is -0.813. The van der Waals surface area contributed by atoms with Crippen LogP contribution in [0, 0.1) is 6.92 Å². The van der Waals surface area contributed by atoms with Crippen molar-refractivity contribution in [3.8, 4) is 0 Å². The van der Waals surface area contributed by atoms with Gasteiger partial charge in [-0.1, -0.05) is 36.8 Å². The molecule has 1 amide bonds. The van der Waals surface area contributed by atoms with Crippen molar-refractivity contribution in [2.45, 2.75) is 39.2 Å². The molecule has 0 aromatic heterocycles. The quantitative estimate of drug-likeness (QED) is 0.836. The first kappa shape index (κ1) is 13.7. The Kier molecular flexibility index (Phi) is 4.29. The highest BCUT2D eigenvalue weighted by Gasteiger charge is 2.21. The molecule has 0 saturated carbocycles. The number of nitrogens with two attached hydrogens (primary N) is 1. The van der Waals surface area contributed by atoms with Crippen molar-refractivity contribution in [2.24, 2.45) is 5.73 Å². The van der Waals surface area contributed by atoms with Gasteiger partial charge in [-0.25, -0.2) is 0 Å². The summed E-state index contributed by atoms with van der Waals surface area (Å²) in [5, 5.41) is 2.87. The van der Waals surface area contributed by atoms with Crippen molar-refractivity contribution in [1.82, 2.24) is 5.32 Å². The third-order valence-corrected chi connectivity index (χ3v) is 2.80. The number of hydrogen-bond donors (Lipinski definition) is 2. The number of hydrogen-bond acceptors (Lipinski definition) is 2. The van der Waals surface area contributed by atoms with Gasteiger partial charge < -0.3 is 11.1 Å². The van der Waals surface area contributed by atoms with Crippen LogP contribution in [0.15, 0.2) is 24.3 Å². The first-order chi connectivity index (χ1) is 7.80. The molecular formula is C14H22N2O. The van der Waals surface area contributed by atoms with E-state index in [4.69, 9.17) is 5.73 Å². The normalized spacial score (nSPS) is 13.2. The topological polar surface area (TPSA) is 55.1 Å². The van der Waals surface area contributed by atoms with Crippen molar-refractivity contribution >= 4 is 5.91 Å². The van der Waals surface area contributed by atoms with E-state index >= 15 is 0 Å². The Balaban J connectivity index is 2.53. The molecule has 3 heteroatoms. The average molecular weight is 234 g/mol. The second-order valence-corrected chi connectivity index (χ2v) is 5.24. The lowest BCUT2D eigenvalue weighted by atomic mass is 9.99. The number of amides is 1. The zero-order valence-corrected chi connectivity index (χ0v) is 11.1. The number of nitrogens with one attached hydrogen (secondary N) is 1. The molecule has 0 spiro atoms. The van der Waals surface area contributed by atoms with E-state index in [1.807, 2.05) is 0 Å². The maximum absolute atomic E-state index is 11.6. The van der Waals surface area contributed by atoms with E-state index in [1.54, 1.807) is 13.8 Å². The molecule has 0 aliphatic carbocycles. The molecule has 0 fully saturated rings. The number of carbonyl (C=O) groups is 1. The first-order valence-electron chi connectivity index (χ1n) is 5.94. The van der Waals surface area contributed by atoms with Crippen LogP contribution in [0.2, 0.25) is 0 Å². The van der Waals surface area contributed by atoms with Gasteiger partial charge in [-0.2, -0.15) is 0 Å². The molecule has 1 atom stereocenters. The lowest BCUT2D eigenvalue weighted by Gasteiger charge is -2.20. The van der Waals surface area contributed by atoms with E-state index in [0.717, 1.165) is 0 Å². The second kappa shape index (κ2) is 5.32. The fourth-order valence-corrected chi connectivity index (χ4v) is 1.49. The molecule has 94 valence electrons. The minimum Gasteiger partial charge on any atom is -0.354 e. The third-order valence-electron chi connectivity index (χ3n) is 2.80. The summed E-state index contributed by atoms with van der Waals surface area (Å²) >= 11 is 0. The van der Waals surface area contributed by atoms with E-state index in [-0.39, 0.29) is 5.91 Å². The Hall–Kier alpha value is -1.35. The number of carbonyl (C=O) groups excluding carboxylic acids is 1. The van der Waals surface area contributed by atoms with E-state index in [9.17, 15) is 4.79 Å². The smallest absolute Gasteiger partial charge is 0.239 e. The van der Waals surface area contributed by atoms with Gasteiger partial charge in [0.2, 0.25) is 5.91 Å². The number of rotatable bonds is 4. The van der Waals surface area contributed by atoms with Gasteiger partial charge in [-0.15, -0.1) is 0 Å². The van der Waals surface area contributed by atoms with E-state index < -0.39 is 5.54 Å². The Labute approximate surface area is 103 Å². The van der Waals surface area contributed by atoms with Crippen molar-refractivity contribution < 1.29 is 4.79 Å². The Morgan fingerprint density at radius 2 is 1.88 bits per heavy atom. The molecule has 3 N–H and O–H groups in total. The van der Waals surface area contributed by atoms with Crippen LogP contribution in [0.1, 0.15) is 37.8 Å². The first-order valence-corrected chi connectivity index (χ1v) is 5.94. The molecule has 17 heavy (non-hydrogen) atoms. The van der Waals surface area contributed by atoms with Crippen LogP contribution in [0.3, 0.4) is 0 Å². The van der Waals surface area contributed by atoms with Gasteiger partial charge in [0.25, 0.3) is 0 Å². The summed E-state index contributed by atoms with van der Waals surface area (Å²) in [5.74, 6) is 0.179. The summed E-state index contributed by atoms with van der Waals surface area (Å²) in [6.07, 6.45) is 0.